The Labute approximate surface area is 177 Å². The lowest BCUT2D eigenvalue weighted by Crippen LogP contribution is -2.18. The normalized spacial score (nSPS) is 20.4. The molecule has 0 aromatic heterocycles. The molecule has 0 radical (unpaired) electrons. The van der Waals surface area contributed by atoms with Gasteiger partial charge in [-0.3, -0.25) is 0 Å². The molecule has 28 heavy (non-hydrogen) atoms. The SMILES string of the molecule is CCCCCCCCC=CCCCCCCC[C@H]1OCC(COP(O)(O)=S)O1. The van der Waals surface area contributed by atoms with Crippen LogP contribution in [-0.2, 0) is 25.8 Å². The van der Waals surface area contributed by atoms with Crippen LogP contribution in [0.15, 0.2) is 12.2 Å². The van der Waals surface area contributed by atoms with E-state index in [-0.39, 0.29) is 19.0 Å². The van der Waals surface area contributed by atoms with Crippen LogP contribution in [0.25, 0.3) is 0 Å². The Kier molecular flexibility index (Phi) is 15.9. The fourth-order valence-electron chi connectivity index (χ4n) is 3.31. The monoisotopic (exact) mass is 436 g/mol. The molecule has 0 aromatic rings. The predicted octanol–water partition coefficient (Wildman–Crippen LogP) is 5.99. The molecule has 1 rings (SSSR count). The van der Waals surface area contributed by atoms with Crippen molar-refractivity contribution >= 4 is 18.5 Å². The van der Waals surface area contributed by atoms with Crippen molar-refractivity contribution in [3.63, 3.8) is 0 Å². The molecular formula is C21H41O5PS. The Morgan fingerprint density at radius 2 is 1.50 bits per heavy atom. The molecule has 1 aliphatic rings. The summed E-state index contributed by atoms with van der Waals surface area (Å²) in [7, 11) is 0. The van der Waals surface area contributed by atoms with E-state index in [1.54, 1.807) is 0 Å². The molecule has 1 heterocycles. The van der Waals surface area contributed by atoms with Gasteiger partial charge in [-0.25, -0.2) is 0 Å². The highest BCUT2D eigenvalue weighted by Crippen LogP contribution is 2.37. The molecule has 2 N–H and O–H groups in total. The Hall–Kier alpha value is 0.190. The largest absolute Gasteiger partial charge is 0.350 e. The number of hydrogen-bond acceptors (Lipinski definition) is 4. The number of allylic oxidation sites excluding steroid dienone is 2. The van der Waals surface area contributed by atoms with Crippen LogP contribution in [0.4, 0.5) is 0 Å². The van der Waals surface area contributed by atoms with Gasteiger partial charge >= 0.3 is 6.72 Å². The van der Waals surface area contributed by atoms with Gasteiger partial charge in [0.2, 0.25) is 0 Å². The molecule has 1 unspecified atom stereocenters. The molecule has 7 heteroatoms. The first-order valence-corrected chi connectivity index (χ1v) is 13.8. The smallest absolute Gasteiger partial charge is 0.321 e. The van der Waals surface area contributed by atoms with Crippen LogP contribution in [0.5, 0.6) is 0 Å². The highest BCUT2D eigenvalue weighted by atomic mass is 32.5. The van der Waals surface area contributed by atoms with Gasteiger partial charge in [-0.2, -0.15) is 0 Å². The summed E-state index contributed by atoms with van der Waals surface area (Å²) in [6.07, 6.45) is 21.9. The topological polar surface area (TPSA) is 68.2 Å². The van der Waals surface area contributed by atoms with Crippen molar-refractivity contribution in [2.75, 3.05) is 13.2 Å². The first-order valence-electron chi connectivity index (χ1n) is 11.1. The van der Waals surface area contributed by atoms with Gasteiger partial charge in [0.25, 0.3) is 0 Å². The van der Waals surface area contributed by atoms with E-state index in [1.807, 2.05) is 0 Å². The zero-order valence-electron chi connectivity index (χ0n) is 17.6. The van der Waals surface area contributed by atoms with Crippen LogP contribution in [0.3, 0.4) is 0 Å². The molecule has 1 saturated heterocycles. The lowest BCUT2D eigenvalue weighted by Gasteiger charge is -2.13. The minimum atomic E-state index is -3.60. The molecule has 0 aliphatic carbocycles. The third-order valence-corrected chi connectivity index (χ3v) is 5.74. The Balaban J connectivity index is 1.83. The molecule has 0 aromatic carbocycles. The minimum Gasteiger partial charge on any atom is -0.350 e. The van der Waals surface area contributed by atoms with Crippen molar-refractivity contribution in [3.05, 3.63) is 12.2 Å². The van der Waals surface area contributed by atoms with E-state index in [2.05, 4.69) is 30.9 Å². The van der Waals surface area contributed by atoms with Gasteiger partial charge in [0.05, 0.1) is 13.2 Å². The quantitative estimate of drug-likeness (QED) is 0.156. The van der Waals surface area contributed by atoms with Gasteiger partial charge in [0, 0.05) is 0 Å². The van der Waals surface area contributed by atoms with Gasteiger partial charge in [0.1, 0.15) is 6.10 Å². The second-order valence-corrected chi connectivity index (χ2v) is 10.3. The maximum atomic E-state index is 9.05. The summed E-state index contributed by atoms with van der Waals surface area (Å²) in [5.74, 6) is 0. The van der Waals surface area contributed by atoms with E-state index >= 15 is 0 Å². The van der Waals surface area contributed by atoms with Crippen molar-refractivity contribution in [3.8, 4) is 0 Å². The van der Waals surface area contributed by atoms with Gasteiger partial charge in [-0.15, -0.1) is 0 Å². The Bertz CT molecular complexity index is 441. The summed E-state index contributed by atoms with van der Waals surface area (Å²) in [4.78, 5) is 18.1. The van der Waals surface area contributed by atoms with Crippen LogP contribution < -0.4 is 0 Å². The molecule has 0 spiro atoms. The van der Waals surface area contributed by atoms with E-state index in [1.165, 1.54) is 77.0 Å². The predicted molar refractivity (Wildman–Crippen MR) is 119 cm³/mol. The van der Waals surface area contributed by atoms with Gasteiger partial charge < -0.3 is 23.8 Å². The Morgan fingerprint density at radius 1 is 0.929 bits per heavy atom. The van der Waals surface area contributed by atoms with Crippen LogP contribution in [0.2, 0.25) is 0 Å². The standard InChI is InChI=1S/C21H41O5PS/c1-2-3-4-5-6-7-8-9-10-11-12-13-14-15-16-17-21-24-18-20(26-21)19-25-27(22,23)28/h9-10,20-21H,2-8,11-19H2,1H3,(H2,22,23,28)/t20?,21-/m0/s1. The molecule has 1 fully saturated rings. The molecule has 0 amide bonds. The van der Waals surface area contributed by atoms with Gasteiger partial charge in [0.15, 0.2) is 6.29 Å². The van der Waals surface area contributed by atoms with Crippen LogP contribution >= 0.6 is 6.72 Å². The zero-order chi connectivity index (χ0) is 20.5. The van der Waals surface area contributed by atoms with Crippen molar-refractivity contribution in [1.29, 1.82) is 0 Å². The van der Waals surface area contributed by atoms with E-state index < -0.39 is 6.72 Å². The summed E-state index contributed by atoms with van der Waals surface area (Å²) in [5.41, 5.74) is 0. The highest BCUT2D eigenvalue weighted by molar-refractivity contribution is 8.06. The third-order valence-electron chi connectivity index (χ3n) is 4.94. The first-order chi connectivity index (χ1) is 13.5. The fraction of sp³-hybridized carbons (Fsp3) is 0.905. The molecule has 0 saturated carbocycles. The summed E-state index contributed by atoms with van der Waals surface area (Å²) < 4.78 is 16.0. The second-order valence-electron chi connectivity index (χ2n) is 7.68. The van der Waals surface area contributed by atoms with E-state index in [4.69, 9.17) is 23.8 Å². The molecule has 1 aliphatic heterocycles. The number of ether oxygens (including phenoxy) is 2. The van der Waals surface area contributed by atoms with Gasteiger partial charge in [-0.1, -0.05) is 70.4 Å². The van der Waals surface area contributed by atoms with Crippen LogP contribution in [0.1, 0.15) is 96.8 Å². The van der Waals surface area contributed by atoms with E-state index in [0.717, 1.165) is 12.8 Å². The van der Waals surface area contributed by atoms with E-state index in [9.17, 15) is 0 Å². The first kappa shape index (κ1) is 26.2. The average molecular weight is 437 g/mol. The summed E-state index contributed by atoms with van der Waals surface area (Å²) in [6.45, 7) is -0.837. The lowest BCUT2D eigenvalue weighted by molar-refractivity contribution is -0.0691. The summed E-state index contributed by atoms with van der Waals surface area (Å²) in [5, 5.41) is 0. The second kappa shape index (κ2) is 16.9. The maximum absolute atomic E-state index is 9.05. The van der Waals surface area contributed by atoms with Crippen molar-refractivity contribution in [2.45, 2.75) is 109 Å². The van der Waals surface area contributed by atoms with Crippen molar-refractivity contribution < 1.29 is 23.8 Å². The maximum Gasteiger partial charge on any atom is 0.321 e. The summed E-state index contributed by atoms with van der Waals surface area (Å²) >= 11 is 4.42. The summed E-state index contributed by atoms with van der Waals surface area (Å²) in [6, 6.07) is 0. The third kappa shape index (κ3) is 16.0. The molecule has 166 valence electrons. The van der Waals surface area contributed by atoms with E-state index in [0.29, 0.717) is 6.61 Å². The number of unbranched alkanes of at least 4 members (excludes halogenated alkanes) is 11. The molecule has 0 bridgehead atoms. The molecular weight excluding hydrogens is 395 g/mol. The van der Waals surface area contributed by atoms with Gasteiger partial charge in [-0.05, 0) is 50.3 Å². The number of rotatable bonds is 18. The Morgan fingerprint density at radius 3 is 2.11 bits per heavy atom. The fourth-order valence-corrected chi connectivity index (χ4v) is 3.85. The minimum absolute atomic E-state index is 0.0765. The molecule has 2 atom stereocenters. The van der Waals surface area contributed by atoms with Crippen molar-refractivity contribution in [1.82, 2.24) is 0 Å². The van der Waals surface area contributed by atoms with Crippen LogP contribution in [-0.4, -0.2) is 35.4 Å². The van der Waals surface area contributed by atoms with Crippen molar-refractivity contribution in [2.24, 2.45) is 0 Å². The lowest BCUT2D eigenvalue weighted by atomic mass is 10.1. The average Bonchev–Trinajstić information content (AvgIpc) is 3.10. The molecule has 5 nitrogen and oxygen atoms in total. The number of hydrogen-bond donors (Lipinski definition) is 2. The van der Waals surface area contributed by atoms with Crippen LogP contribution in [0, 0.1) is 0 Å². The highest BCUT2D eigenvalue weighted by Gasteiger charge is 2.27. The zero-order valence-corrected chi connectivity index (χ0v) is 19.3.